The highest BCUT2D eigenvalue weighted by Crippen LogP contribution is 2.02. The first-order valence-corrected chi connectivity index (χ1v) is 4.48. The van der Waals surface area contributed by atoms with Gasteiger partial charge in [0.15, 0.2) is 12.4 Å². The second kappa shape index (κ2) is 4.18. The van der Waals surface area contributed by atoms with Crippen molar-refractivity contribution < 1.29 is 13.0 Å². The van der Waals surface area contributed by atoms with E-state index in [1.807, 2.05) is 36.1 Å². The minimum Gasteiger partial charge on any atom is -0.277 e. The molecule has 0 bridgehead atoms. The Kier molecular flexibility index (Phi) is 3.19. The van der Waals surface area contributed by atoms with Gasteiger partial charge in [-0.1, -0.05) is 0 Å². The van der Waals surface area contributed by atoms with Gasteiger partial charge >= 0.3 is 0 Å². The zero-order valence-corrected chi connectivity index (χ0v) is 7.80. The van der Waals surface area contributed by atoms with Gasteiger partial charge < -0.3 is 0 Å². The summed E-state index contributed by atoms with van der Waals surface area (Å²) in [5.74, 6) is 0. The molecule has 12 heavy (non-hydrogen) atoms. The predicted molar refractivity (Wildman–Crippen MR) is 46.4 cm³/mol. The van der Waals surface area contributed by atoms with Crippen LogP contribution in [-0.2, 0) is 22.5 Å². The van der Waals surface area contributed by atoms with E-state index in [0.29, 0.717) is 0 Å². The third-order valence-corrected chi connectivity index (χ3v) is 2.00. The highest BCUT2D eigenvalue weighted by Gasteiger charge is 2.00. The van der Waals surface area contributed by atoms with Crippen LogP contribution in [0.1, 0.15) is 0 Å². The van der Waals surface area contributed by atoms with E-state index in [-0.39, 0.29) is 0 Å². The molecule has 1 aromatic heterocycles. The van der Waals surface area contributed by atoms with Gasteiger partial charge in [0.2, 0.25) is 0 Å². The van der Waals surface area contributed by atoms with Crippen LogP contribution in [0.25, 0.3) is 0 Å². The molecule has 5 heteroatoms. The Morgan fingerprint density at radius 2 is 2.42 bits per heavy atom. The highest BCUT2D eigenvalue weighted by molar-refractivity contribution is 7.81. The predicted octanol–water partition coefficient (Wildman–Crippen LogP) is 0.148. The average molecular weight is 187 g/mol. The number of aryl methyl sites for hydroxylation is 1. The quantitative estimate of drug-likeness (QED) is 0.684. The summed E-state index contributed by atoms with van der Waals surface area (Å²) in [5.41, 5.74) is 0.764. The maximum atomic E-state index is 10.9. The normalized spacial score (nSPS) is 12.5. The Labute approximate surface area is 74.0 Å². The van der Waals surface area contributed by atoms with Crippen LogP contribution in [0, 0.1) is 0 Å². The van der Waals surface area contributed by atoms with Crippen LogP contribution in [0.3, 0.4) is 0 Å². The Morgan fingerprint density at radius 1 is 1.67 bits per heavy atom. The number of aromatic nitrogens is 1. The number of pyridine rings is 1. The molecule has 4 nitrogen and oxygen atoms in total. The first kappa shape index (κ1) is 9.15. The van der Waals surface area contributed by atoms with Gasteiger partial charge in [-0.05, 0) is 6.07 Å². The second-order valence-electron chi connectivity index (χ2n) is 2.26. The summed E-state index contributed by atoms with van der Waals surface area (Å²) in [6.45, 7) is 0. The molecule has 0 amide bonds. The molecule has 1 aromatic rings. The summed E-state index contributed by atoms with van der Waals surface area (Å²) < 4.78 is 19.9. The van der Waals surface area contributed by atoms with Crippen LogP contribution in [-0.4, -0.2) is 11.3 Å². The second-order valence-corrected chi connectivity index (χ2v) is 3.27. The summed E-state index contributed by atoms with van der Waals surface area (Å²) in [6.07, 6.45) is 3.71. The number of hydrogen-bond donors (Lipinski definition) is 1. The smallest absolute Gasteiger partial charge is 0.261 e. The number of nitrogens with zero attached hydrogens (tertiary/aromatic N) is 1. The lowest BCUT2D eigenvalue weighted by atomic mass is 10.4. The average Bonchev–Trinajstić information content (AvgIpc) is 2.04. The SMILES string of the molecule is COS(=O)Nc1ccc[n+](C)c1. The van der Waals surface area contributed by atoms with Crippen molar-refractivity contribution in [2.24, 2.45) is 7.05 Å². The first-order valence-electron chi connectivity index (χ1n) is 3.40. The van der Waals surface area contributed by atoms with Gasteiger partial charge in [-0.15, -0.1) is 0 Å². The monoisotopic (exact) mass is 187 g/mol. The third kappa shape index (κ3) is 2.60. The number of rotatable bonds is 3. The molecule has 0 spiro atoms. The fourth-order valence-electron chi connectivity index (χ4n) is 0.786. The Hall–Kier alpha value is -0.940. The Bertz CT molecular complexity index is 290. The Morgan fingerprint density at radius 3 is 3.00 bits per heavy atom. The van der Waals surface area contributed by atoms with Gasteiger partial charge in [0.05, 0.1) is 7.11 Å². The lowest BCUT2D eigenvalue weighted by molar-refractivity contribution is -0.670. The summed E-state index contributed by atoms with van der Waals surface area (Å²) in [4.78, 5) is 0. The molecule has 1 N–H and O–H groups in total. The summed E-state index contributed by atoms with van der Waals surface area (Å²) >= 11 is -1.45. The van der Waals surface area contributed by atoms with E-state index in [0.717, 1.165) is 5.69 Å². The molecule has 1 heterocycles. The van der Waals surface area contributed by atoms with Gasteiger partial charge in [-0.3, -0.25) is 8.91 Å². The van der Waals surface area contributed by atoms with Crippen molar-refractivity contribution in [3.8, 4) is 0 Å². The molecule has 0 aliphatic heterocycles. The van der Waals surface area contributed by atoms with Gasteiger partial charge in [-0.2, -0.15) is 0 Å². The van der Waals surface area contributed by atoms with Crippen LogP contribution < -0.4 is 9.29 Å². The van der Waals surface area contributed by atoms with Crippen LogP contribution in [0.4, 0.5) is 5.69 Å². The highest BCUT2D eigenvalue weighted by atomic mass is 32.2. The maximum Gasteiger partial charge on any atom is 0.261 e. The topological polar surface area (TPSA) is 42.2 Å². The van der Waals surface area contributed by atoms with Crippen molar-refractivity contribution in [3.63, 3.8) is 0 Å². The van der Waals surface area contributed by atoms with Crippen molar-refractivity contribution in [1.82, 2.24) is 0 Å². The molecule has 0 saturated carbocycles. The van der Waals surface area contributed by atoms with E-state index in [1.54, 1.807) is 0 Å². The van der Waals surface area contributed by atoms with Crippen LogP contribution in [0.15, 0.2) is 24.5 Å². The lowest BCUT2D eigenvalue weighted by Gasteiger charge is -2.00. The van der Waals surface area contributed by atoms with Crippen molar-refractivity contribution in [1.29, 1.82) is 0 Å². The number of nitrogens with one attached hydrogen (secondary N) is 1. The van der Waals surface area contributed by atoms with E-state index < -0.39 is 11.3 Å². The molecule has 0 aliphatic rings. The fraction of sp³-hybridized carbons (Fsp3) is 0.286. The molecular weight excluding hydrogens is 176 g/mol. The standard InChI is InChI=1S/C7H11N2O2S/c1-9-5-3-4-7(6-9)8-12(10)11-2/h3-6,8H,1-2H3/q+1. The molecular formula is C7H11N2O2S+. The largest absolute Gasteiger partial charge is 0.277 e. The van der Waals surface area contributed by atoms with Gasteiger partial charge in [-0.25, -0.2) is 8.78 Å². The third-order valence-electron chi connectivity index (χ3n) is 1.29. The molecule has 0 radical (unpaired) electrons. The van der Waals surface area contributed by atoms with Gasteiger partial charge in [0, 0.05) is 6.07 Å². The summed E-state index contributed by atoms with van der Waals surface area (Å²) in [5, 5.41) is 0. The number of anilines is 1. The molecule has 1 unspecified atom stereocenters. The summed E-state index contributed by atoms with van der Waals surface area (Å²) in [7, 11) is 3.27. The van der Waals surface area contributed by atoms with Crippen molar-refractivity contribution >= 4 is 17.0 Å². The minimum absolute atomic E-state index is 0.764. The molecule has 1 rings (SSSR count). The van der Waals surface area contributed by atoms with E-state index in [2.05, 4.69) is 8.91 Å². The van der Waals surface area contributed by atoms with Crippen LogP contribution >= 0.6 is 0 Å². The molecule has 0 aromatic carbocycles. The fourth-order valence-corrected chi connectivity index (χ4v) is 1.18. The van der Waals surface area contributed by atoms with Crippen molar-refractivity contribution in [2.45, 2.75) is 0 Å². The van der Waals surface area contributed by atoms with Crippen LogP contribution in [0.2, 0.25) is 0 Å². The molecule has 66 valence electrons. The molecule has 0 fully saturated rings. The number of hydrogen-bond acceptors (Lipinski definition) is 2. The molecule has 1 atom stereocenters. The Balaban J connectivity index is 2.69. The lowest BCUT2D eigenvalue weighted by Crippen LogP contribution is -2.26. The van der Waals surface area contributed by atoms with E-state index in [9.17, 15) is 4.21 Å². The van der Waals surface area contributed by atoms with E-state index >= 15 is 0 Å². The first-order chi connectivity index (χ1) is 5.72. The van der Waals surface area contributed by atoms with Crippen molar-refractivity contribution in [3.05, 3.63) is 24.5 Å². The van der Waals surface area contributed by atoms with Crippen LogP contribution in [0.5, 0.6) is 0 Å². The minimum atomic E-state index is -1.45. The van der Waals surface area contributed by atoms with Crippen molar-refractivity contribution in [2.75, 3.05) is 11.8 Å². The molecule has 0 saturated heterocycles. The molecule has 0 aliphatic carbocycles. The van der Waals surface area contributed by atoms with E-state index in [4.69, 9.17) is 0 Å². The zero-order valence-electron chi connectivity index (χ0n) is 6.98. The van der Waals surface area contributed by atoms with E-state index in [1.165, 1.54) is 7.11 Å². The maximum absolute atomic E-state index is 10.9. The van der Waals surface area contributed by atoms with Gasteiger partial charge in [0.1, 0.15) is 12.7 Å². The van der Waals surface area contributed by atoms with Gasteiger partial charge in [0.25, 0.3) is 11.3 Å². The summed E-state index contributed by atoms with van der Waals surface area (Å²) in [6, 6.07) is 3.67. The zero-order chi connectivity index (χ0) is 8.97.